The van der Waals surface area contributed by atoms with E-state index in [1.54, 1.807) is 0 Å². The number of ether oxygens (including phenoxy) is 1. The Bertz CT molecular complexity index is 722. The van der Waals surface area contributed by atoms with Crippen LogP contribution in [-0.4, -0.2) is 11.1 Å². The van der Waals surface area contributed by atoms with Crippen molar-refractivity contribution < 1.29 is 19.1 Å². The summed E-state index contributed by atoms with van der Waals surface area (Å²) in [5.41, 5.74) is 2.81. The van der Waals surface area contributed by atoms with E-state index in [0.29, 0.717) is 11.7 Å². The Morgan fingerprint density at radius 3 is 2.32 bits per heavy atom. The van der Waals surface area contributed by atoms with Crippen molar-refractivity contribution in [3.63, 3.8) is 0 Å². The van der Waals surface area contributed by atoms with Crippen LogP contribution >= 0.6 is 0 Å². The second-order valence-electron chi connectivity index (χ2n) is 6.45. The Labute approximate surface area is 146 Å². The minimum atomic E-state index is -0.766. The summed E-state index contributed by atoms with van der Waals surface area (Å²) in [4.78, 5) is 11.3. The van der Waals surface area contributed by atoms with Gasteiger partial charge in [-0.3, -0.25) is 10.0 Å². The van der Waals surface area contributed by atoms with Crippen LogP contribution in [0.15, 0.2) is 42.5 Å². The first-order chi connectivity index (χ1) is 12.2. The molecule has 25 heavy (non-hydrogen) atoms. The molecule has 0 radical (unpaired) electrons. The molecule has 1 aliphatic carbocycles. The molecular weight excluding hydrogens is 321 g/mol. The first-order valence-electron chi connectivity index (χ1n) is 8.69. The summed E-state index contributed by atoms with van der Waals surface area (Å²) in [6.07, 6.45) is 7.65. The van der Waals surface area contributed by atoms with Gasteiger partial charge in [-0.2, -0.15) is 0 Å². The van der Waals surface area contributed by atoms with Crippen LogP contribution in [0, 0.1) is 5.82 Å². The molecule has 0 bridgehead atoms. The number of halogens is 1. The fourth-order valence-corrected chi connectivity index (χ4v) is 3.34. The number of carbonyl (C=O) groups excluding carboxylic acids is 1. The first-order valence-corrected chi connectivity index (χ1v) is 8.69. The molecule has 0 unspecified atom stereocenters. The molecule has 0 spiro atoms. The van der Waals surface area contributed by atoms with Crippen LogP contribution < -0.4 is 10.2 Å². The van der Waals surface area contributed by atoms with Crippen molar-refractivity contribution in [2.45, 2.75) is 44.4 Å². The van der Waals surface area contributed by atoms with E-state index in [0.717, 1.165) is 6.07 Å². The van der Waals surface area contributed by atoms with E-state index in [2.05, 4.69) is 12.1 Å². The van der Waals surface area contributed by atoms with Gasteiger partial charge < -0.3 is 4.74 Å². The molecule has 4 nitrogen and oxygen atoms in total. The lowest BCUT2D eigenvalue weighted by Gasteiger charge is -2.15. The molecule has 0 heterocycles. The van der Waals surface area contributed by atoms with Crippen molar-refractivity contribution >= 4 is 5.91 Å². The van der Waals surface area contributed by atoms with E-state index in [1.165, 1.54) is 61.7 Å². The van der Waals surface area contributed by atoms with Gasteiger partial charge in [0, 0.05) is 5.56 Å². The van der Waals surface area contributed by atoms with Crippen molar-refractivity contribution in [2.75, 3.05) is 0 Å². The highest BCUT2D eigenvalue weighted by molar-refractivity contribution is 5.93. The smallest absolute Gasteiger partial charge is 0.274 e. The van der Waals surface area contributed by atoms with Gasteiger partial charge in [0.2, 0.25) is 0 Å². The summed E-state index contributed by atoms with van der Waals surface area (Å²) in [6, 6.07) is 11.6. The van der Waals surface area contributed by atoms with E-state index in [4.69, 9.17) is 9.94 Å². The molecule has 0 aromatic heterocycles. The van der Waals surface area contributed by atoms with Crippen LogP contribution in [-0.2, 0) is 0 Å². The average Bonchev–Trinajstić information content (AvgIpc) is 2.93. The molecule has 2 aromatic carbocycles. The Morgan fingerprint density at radius 2 is 1.72 bits per heavy atom. The van der Waals surface area contributed by atoms with Crippen LogP contribution in [0.3, 0.4) is 0 Å². The van der Waals surface area contributed by atoms with Gasteiger partial charge in [-0.15, -0.1) is 0 Å². The van der Waals surface area contributed by atoms with E-state index in [1.807, 2.05) is 12.1 Å². The molecule has 0 atom stereocenters. The second-order valence-corrected chi connectivity index (χ2v) is 6.45. The van der Waals surface area contributed by atoms with Crippen molar-refractivity contribution in [3.05, 3.63) is 59.4 Å². The average molecular weight is 343 g/mol. The summed E-state index contributed by atoms with van der Waals surface area (Å²) in [7, 11) is 0. The van der Waals surface area contributed by atoms with E-state index in [-0.39, 0.29) is 11.3 Å². The van der Waals surface area contributed by atoms with Crippen molar-refractivity contribution in [3.8, 4) is 11.5 Å². The molecule has 1 amide bonds. The number of nitrogens with one attached hydrogen (secondary N) is 1. The number of rotatable bonds is 4. The molecule has 1 fully saturated rings. The van der Waals surface area contributed by atoms with Gasteiger partial charge in [0.05, 0.1) is 0 Å². The van der Waals surface area contributed by atoms with Crippen LogP contribution in [0.25, 0.3) is 0 Å². The predicted molar refractivity (Wildman–Crippen MR) is 92.6 cm³/mol. The molecule has 1 saturated carbocycles. The van der Waals surface area contributed by atoms with Gasteiger partial charge in [0.1, 0.15) is 5.75 Å². The van der Waals surface area contributed by atoms with Crippen LogP contribution in [0.2, 0.25) is 0 Å². The zero-order valence-corrected chi connectivity index (χ0v) is 14.0. The highest BCUT2D eigenvalue weighted by Gasteiger charge is 2.15. The SMILES string of the molecule is O=C(NO)c1ccc(Oc2ccc(C3CCCCCC3)cc2)c(F)c1. The maximum atomic E-state index is 14.1. The van der Waals surface area contributed by atoms with Gasteiger partial charge in [-0.05, 0) is 54.7 Å². The quantitative estimate of drug-likeness (QED) is 0.457. The number of hydrogen-bond acceptors (Lipinski definition) is 3. The molecular formula is C20H22FNO3. The lowest BCUT2D eigenvalue weighted by Crippen LogP contribution is -2.18. The van der Waals surface area contributed by atoms with E-state index >= 15 is 0 Å². The van der Waals surface area contributed by atoms with Crippen LogP contribution in [0.5, 0.6) is 11.5 Å². The van der Waals surface area contributed by atoms with Crippen LogP contribution in [0.4, 0.5) is 4.39 Å². The van der Waals surface area contributed by atoms with Gasteiger partial charge in [0.25, 0.3) is 5.91 Å². The fraction of sp³-hybridized carbons (Fsp3) is 0.350. The van der Waals surface area contributed by atoms with Gasteiger partial charge in [-0.25, -0.2) is 9.87 Å². The molecule has 3 rings (SSSR count). The van der Waals surface area contributed by atoms with Crippen molar-refractivity contribution in [1.29, 1.82) is 0 Å². The van der Waals surface area contributed by atoms with E-state index in [9.17, 15) is 9.18 Å². The van der Waals surface area contributed by atoms with Gasteiger partial charge in [-0.1, -0.05) is 37.8 Å². The van der Waals surface area contributed by atoms with Gasteiger partial charge >= 0.3 is 0 Å². The highest BCUT2D eigenvalue weighted by atomic mass is 19.1. The minimum absolute atomic E-state index is 0.0241. The number of hydroxylamine groups is 1. The third-order valence-electron chi connectivity index (χ3n) is 4.73. The lowest BCUT2D eigenvalue weighted by molar-refractivity contribution is 0.0706. The first kappa shape index (κ1) is 17.4. The normalized spacial score (nSPS) is 15.4. The second kappa shape index (κ2) is 8.12. The van der Waals surface area contributed by atoms with Crippen molar-refractivity contribution in [2.24, 2.45) is 0 Å². The molecule has 0 aliphatic heterocycles. The predicted octanol–water partition coefficient (Wildman–Crippen LogP) is 5.17. The minimum Gasteiger partial charge on any atom is -0.454 e. The number of hydrogen-bond donors (Lipinski definition) is 2. The topological polar surface area (TPSA) is 58.6 Å². The molecule has 1 aliphatic rings. The summed E-state index contributed by atoms with van der Waals surface area (Å²) < 4.78 is 19.6. The standard InChI is InChI=1S/C20H22FNO3/c21-18-13-16(20(23)22-24)9-12-19(18)25-17-10-7-15(8-11-17)14-5-3-1-2-4-6-14/h7-14,24H,1-6H2,(H,22,23). The zero-order chi connectivity index (χ0) is 17.6. The summed E-state index contributed by atoms with van der Waals surface area (Å²) in [5, 5.41) is 8.58. The molecule has 0 saturated heterocycles. The Balaban J connectivity index is 1.70. The molecule has 2 aromatic rings. The monoisotopic (exact) mass is 343 g/mol. The maximum Gasteiger partial charge on any atom is 0.274 e. The molecule has 5 heteroatoms. The highest BCUT2D eigenvalue weighted by Crippen LogP contribution is 2.33. The third-order valence-corrected chi connectivity index (χ3v) is 4.73. The zero-order valence-electron chi connectivity index (χ0n) is 14.0. The Kier molecular flexibility index (Phi) is 5.66. The fourth-order valence-electron chi connectivity index (χ4n) is 3.34. The van der Waals surface area contributed by atoms with Gasteiger partial charge in [0.15, 0.2) is 11.6 Å². The Morgan fingerprint density at radius 1 is 1.04 bits per heavy atom. The molecule has 2 N–H and O–H groups in total. The van der Waals surface area contributed by atoms with Crippen molar-refractivity contribution in [1.82, 2.24) is 5.48 Å². The number of amides is 1. The largest absolute Gasteiger partial charge is 0.454 e. The summed E-state index contributed by atoms with van der Waals surface area (Å²) in [6.45, 7) is 0. The van der Waals surface area contributed by atoms with Crippen LogP contribution in [0.1, 0.15) is 60.4 Å². The maximum absolute atomic E-state index is 14.1. The summed E-state index contributed by atoms with van der Waals surface area (Å²) >= 11 is 0. The molecule has 132 valence electrons. The number of carbonyl (C=O) groups is 1. The number of benzene rings is 2. The lowest BCUT2D eigenvalue weighted by atomic mass is 9.92. The van der Waals surface area contributed by atoms with E-state index < -0.39 is 11.7 Å². The summed E-state index contributed by atoms with van der Waals surface area (Å²) in [5.74, 6) is -0.232. The third kappa shape index (κ3) is 4.37. The Hall–Kier alpha value is -2.40.